The second-order valence-corrected chi connectivity index (χ2v) is 11.7. The first-order chi connectivity index (χ1) is 15.6. The van der Waals surface area contributed by atoms with Gasteiger partial charge >= 0.3 is 5.97 Å². The summed E-state index contributed by atoms with van der Waals surface area (Å²) in [5.41, 5.74) is 11.1. The van der Waals surface area contributed by atoms with Crippen molar-refractivity contribution >= 4 is 17.8 Å². The Labute approximate surface area is 194 Å². The van der Waals surface area contributed by atoms with Crippen molar-refractivity contribution in [1.82, 2.24) is 9.80 Å². The van der Waals surface area contributed by atoms with E-state index in [1.54, 1.807) is 23.9 Å². The van der Waals surface area contributed by atoms with Gasteiger partial charge in [-0.2, -0.15) is 5.26 Å². The number of hydrogen-bond acceptors (Lipinski definition) is 7. The molecule has 5 saturated carbocycles. The molecule has 4 N–H and O–H groups in total. The van der Waals surface area contributed by atoms with Crippen LogP contribution in [0.2, 0.25) is 0 Å². The summed E-state index contributed by atoms with van der Waals surface area (Å²) < 4.78 is 6.21. The first-order valence-electron chi connectivity index (χ1n) is 12.2. The number of rotatable bonds is 7. The maximum absolute atomic E-state index is 13.6. The number of amides is 2. The Hall–Kier alpha value is -2.18. The predicted octanol–water partition coefficient (Wildman–Crippen LogP) is 0.514. The lowest BCUT2D eigenvalue weighted by Gasteiger charge is -2.62. The lowest BCUT2D eigenvalue weighted by molar-refractivity contribution is -0.209. The van der Waals surface area contributed by atoms with Crippen LogP contribution in [-0.4, -0.2) is 71.4 Å². The number of ether oxygens (including phenoxy) is 1. The van der Waals surface area contributed by atoms with Gasteiger partial charge in [0, 0.05) is 6.04 Å². The molecule has 0 spiro atoms. The average Bonchev–Trinajstić information content (AvgIpc) is 3.38. The van der Waals surface area contributed by atoms with Gasteiger partial charge in [-0.05, 0) is 88.6 Å². The number of piperidine rings is 1. The molecule has 9 atom stereocenters. The van der Waals surface area contributed by atoms with Crippen LogP contribution in [0.25, 0.3) is 0 Å². The minimum atomic E-state index is -0.727. The van der Waals surface area contributed by atoms with E-state index in [1.807, 2.05) is 0 Å². The zero-order chi connectivity index (χ0) is 23.7. The van der Waals surface area contributed by atoms with Crippen LogP contribution in [0.3, 0.4) is 0 Å². The molecule has 0 aromatic carbocycles. The van der Waals surface area contributed by atoms with E-state index >= 15 is 0 Å². The minimum absolute atomic E-state index is 0.0923. The standard InChI is InChI=1S/C24H35N5O4/c1-28(2)18(6-19(26)30)22(32)33-24-9-13-3-14(10-24)8-23(7-13,12-24)20(27)21(31)29-16(11-25)4-15-5-17(15)29/h13-18,20H,3-10,12,27H2,1-2H3,(H2,26,30)/t13-,14?,15?,16-,17?,18?,20+,23?,24?/m0/s1. The van der Waals surface area contributed by atoms with E-state index in [-0.39, 0.29) is 24.4 Å². The lowest BCUT2D eigenvalue weighted by Crippen LogP contribution is -2.66. The van der Waals surface area contributed by atoms with Crippen molar-refractivity contribution in [3.63, 3.8) is 0 Å². The van der Waals surface area contributed by atoms with Crippen LogP contribution >= 0.6 is 0 Å². The highest BCUT2D eigenvalue weighted by atomic mass is 16.6. The smallest absolute Gasteiger partial charge is 0.324 e. The van der Waals surface area contributed by atoms with E-state index in [1.165, 1.54) is 0 Å². The molecule has 6 aliphatic rings. The van der Waals surface area contributed by atoms with Gasteiger partial charge in [-0.1, -0.05) is 0 Å². The number of nitrogens with two attached hydrogens (primary N) is 2. The lowest BCUT2D eigenvalue weighted by atomic mass is 9.46. The third-order valence-corrected chi connectivity index (χ3v) is 9.09. The van der Waals surface area contributed by atoms with Crippen molar-refractivity contribution in [2.75, 3.05) is 14.1 Å². The number of carbonyl (C=O) groups excluding carboxylic acids is 3. The largest absolute Gasteiger partial charge is 0.458 e. The highest BCUT2D eigenvalue weighted by Crippen LogP contribution is 2.64. The van der Waals surface area contributed by atoms with Crippen LogP contribution in [-0.2, 0) is 19.1 Å². The normalized spacial score (nSPS) is 41.9. The number of primary amides is 1. The molecule has 33 heavy (non-hydrogen) atoms. The average molecular weight is 458 g/mol. The molecule has 0 aromatic rings. The Bertz CT molecular complexity index is 899. The third-order valence-electron chi connectivity index (χ3n) is 9.09. The zero-order valence-electron chi connectivity index (χ0n) is 19.5. The number of esters is 1. The summed E-state index contributed by atoms with van der Waals surface area (Å²) >= 11 is 0. The molecule has 6 unspecified atom stereocenters. The molecule has 180 valence electrons. The van der Waals surface area contributed by atoms with E-state index in [4.69, 9.17) is 16.2 Å². The number of hydrogen-bond donors (Lipinski definition) is 2. The Morgan fingerprint density at radius 2 is 1.82 bits per heavy atom. The van der Waals surface area contributed by atoms with E-state index in [2.05, 4.69) is 6.07 Å². The van der Waals surface area contributed by atoms with Crippen molar-refractivity contribution in [2.45, 2.75) is 87.6 Å². The summed E-state index contributed by atoms with van der Waals surface area (Å²) in [5.74, 6) is 0.103. The molecule has 4 bridgehead atoms. The van der Waals surface area contributed by atoms with Crippen LogP contribution in [0.15, 0.2) is 0 Å². The summed E-state index contributed by atoms with van der Waals surface area (Å²) in [7, 11) is 3.47. The summed E-state index contributed by atoms with van der Waals surface area (Å²) in [4.78, 5) is 41.7. The molecule has 6 rings (SSSR count). The van der Waals surface area contributed by atoms with Gasteiger partial charge in [0.1, 0.15) is 17.7 Å². The second-order valence-electron chi connectivity index (χ2n) is 11.7. The van der Waals surface area contributed by atoms with Crippen LogP contribution in [0, 0.1) is 34.5 Å². The summed E-state index contributed by atoms with van der Waals surface area (Å²) in [6.07, 6.45) is 6.59. The van der Waals surface area contributed by atoms with E-state index in [0.717, 1.165) is 44.9 Å². The molecular weight excluding hydrogens is 422 g/mol. The maximum atomic E-state index is 13.6. The fourth-order valence-electron chi connectivity index (χ4n) is 7.99. The number of nitrogens with zero attached hydrogens (tertiary/aromatic N) is 3. The molecular formula is C24H35N5O4. The quantitative estimate of drug-likeness (QED) is 0.530. The SMILES string of the molecule is CN(C)C(CC(N)=O)C(=O)OC12CC3C[C@H](C1)CC([C@H](N)C(=O)N1C4CC4C[C@H]1C#N)(C3)C2. The third kappa shape index (κ3) is 3.71. The van der Waals surface area contributed by atoms with Crippen LogP contribution in [0.5, 0.6) is 0 Å². The fraction of sp³-hybridized carbons (Fsp3) is 0.833. The van der Waals surface area contributed by atoms with Gasteiger partial charge in [0.15, 0.2) is 0 Å². The van der Waals surface area contributed by atoms with Gasteiger partial charge in [-0.25, -0.2) is 0 Å². The number of likely N-dealkylation sites (tertiary alicyclic amines) is 1. The molecule has 0 radical (unpaired) electrons. The fourth-order valence-corrected chi connectivity index (χ4v) is 7.99. The Morgan fingerprint density at radius 1 is 1.15 bits per heavy atom. The molecule has 0 aromatic heterocycles. The van der Waals surface area contributed by atoms with Crippen molar-refractivity contribution in [2.24, 2.45) is 34.6 Å². The van der Waals surface area contributed by atoms with Gasteiger partial charge in [0.05, 0.1) is 18.5 Å². The molecule has 6 fully saturated rings. The van der Waals surface area contributed by atoms with Gasteiger partial charge in [0.25, 0.3) is 0 Å². The number of carbonyl (C=O) groups is 3. The maximum Gasteiger partial charge on any atom is 0.324 e. The number of nitriles is 1. The van der Waals surface area contributed by atoms with Gasteiger partial charge in [-0.15, -0.1) is 0 Å². The monoisotopic (exact) mass is 457 g/mol. The molecule has 1 heterocycles. The van der Waals surface area contributed by atoms with E-state index in [0.29, 0.717) is 24.2 Å². The molecule has 5 aliphatic carbocycles. The molecule has 1 aliphatic heterocycles. The highest BCUT2D eigenvalue weighted by molar-refractivity contribution is 5.85. The van der Waals surface area contributed by atoms with Crippen molar-refractivity contribution in [3.8, 4) is 6.07 Å². The van der Waals surface area contributed by atoms with Crippen molar-refractivity contribution in [1.29, 1.82) is 5.26 Å². The van der Waals surface area contributed by atoms with Crippen LogP contribution in [0.4, 0.5) is 0 Å². The highest BCUT2D eigenvalue weighted by Gasteiger charge is 2.64. The van der Waals surface area contributed by atoms with Gasteiger partial charge in [0.2, 0.25) is 11.8 Å². The second kappa shape index (κ2) is 7.67. The molecule has 9 heteroatoms. The molecule has 1 saturated heterocycles. The predicted molar refractivity (Wildman–Crippen MR) is 118 cm³/mol. The topological polar surface area (TPSA) is 143 Å². The van der Waals surface area contributed by atoms with E-state index < -0.39 is 35.0 Å². The number of fused-ring (bicyclic) bond motifs is 1. The Balaban J connectivity index is 1.37. The van der Waals surface area contributed by atoms with Crippen molar-refractivity contribution < 1.29 is 19.1 Å². The molecule has 9 nitrogen and oxygen atoms in total. The summed E-state index contributed by atoms with van der Waals surface area (Å²) in [6, 6.07) is 0.676. The minimum Gasteiger partial charge on any atom is -0.458 e. The van der Waals surface area contributed by atoms with Gasteiger partial charge < -0.3 is 21.1 Å². The van der Waals surface area contributed by atoms with E-state index in [9.17, 15) is 19.6 Å². The first-order valence-corrected chi connectivity index (χ1v) is 12.2. The Morgan fingerprint density at radius 3 is 2.39 bits per heavy atom. The summed E-state index contributed by atoms with van der Waals surface area (Å²) in [6.45, 7) is 0. The molecule has 2 amide bonds. The first kappa shape index (κ1) is 22.6. The Kier molecular flexibility index (Phi) is 5.25. The van der Waals surface area contributed by atoms with Crippen LogP contribution in [0.1, 0.15) is 57.8 Å². The van der Waals surface area contributed by atoms with Gasteiger partial charge in [-0.3, -0.25) is 19.3 Å². The van der Waals surface area contributed by atoms with Crippen LogP contribution < -0.4 is 11.5 Å². The van der Waals surface area contributed by atoms with Crippen molar-refractivity contribution in [3.05, 3.63) is 0 Å². The number of likely N-dealkylation sites (N-methyl/N-ethyl adjacent to an activating group) is 1. The summed E-state index contributed by atoms with van der Waals surface area (Å²) in [5, 5.41) is 9.56. The zero-order valence-corrected chi connectivity index (χ0v) is 19.5.